The lowest BCUT2D eigenvalue weighted by molar-refractivity contribution is -0.142. The van der Waals surface area contributed by atoms with Gasteiger partial charge in [0.1, 0.15) is 25.1 Å². The lowest BCUT2D eigenvalue weighted by atomic mass is 9.60. The predicted octanol–water partition coefficient (Wildman–Crippen LogP) is 1.21. The van der Waals surface area contributed by atoms with Gasteiger partial charge in [-0.15, -0.1) is 0 Å². The molecule has 2 aromatic rings. The highest BCUT2D eigenvalue weighted by atomic mass is 16.7. The van der Waals surface area contributed by atoms with Crippen LogP contribution < -0.4 is 9.47 Å². The van der Waals surface area contributed by atoms with Gasteiger partial charge >= 0.3 is 0 Å². The minimum atomic E-state index is -1.18. The number of aliphatic hydroxyl groups excluding tert-OH is 3. The number of carbonyl (C=O) groups excluding carboxylic acids is 2. The smallest absolute Gasteiger partial charge is 0.233 e. The third-order valence-corrected chi connectivity index (χ3v) is 8.23. The van der Waals surface area contributed by atoms with Crippen molar-refractivity contribution in [3.63, 3.8) is 0 Å². The van der Waals surface area contributed by atoms with E-state index >= 15 is 0 Å². The summed E-state index contributed by atoms with van der Waals surface area (Å²) in [6.45, 7) is 0.303. The number of imide groups is 1. The van der Waals surface area contributed by atoms with Crippen molar-refractivity contribution in [2.24, 2.45) is 28.8 Å². The molecular formula is C28H32N2O10. The Morgan fingerprint density at radius 3 is 2.70 bits per heavy atom. The van der Waals surface area contributed by atoms with Crippen molar-refractivity contribution in [1.29, 1.82) is 0 Å². The molecule has 12 nitrogen and oxygen atoms in total. The average molecular weight is 557 g/mol. The minimum Gasteiger partial charge on any atom is -0.467 e. The molecular weight excluding hydrogens is 524 g/mol. The number of rotatable bonds is 9. The van der Waals surface area contributed by atoms with Gasteiger partial charge in [0.2, 0.25) is 18.6 Å². The van der Waals surface area contributed by atoms with Gasteiger partial charge in [-0.05, 0) is 42.7 Å². The normalized spacial score (nSPS) is 30.9. The number of oxime groups is 1. The number of hydrogen-bond acceptors (Lipinski definition) is 11. The van der Waals surface area contributed by atoms with Gasteiger partial charge in [0.05, 0.1) is 49.2 Å². The van der Waals surface area contributed by atoms with Crippen LogP contribution in [-0.2, 0) is 32.3 Å². The number of likely N-dealkylation sites (tertiary alicyclic amines) is 1. The second-order valence-corrected chi connectivity index (χ2v) is 10.7. The fourth-order valence-electron chi connectivity index (χ4n) is 6.36. The summed E-state index contributed by atoms with van der Waals surface area (Å²) in [6, 6.07) is 8.80. The van der Waals surface area contributed by atoms with Crippen LogP contribution in [0.3, 0.4) is 0 Å². The van der Waals surface area contributed by atoms with Crippen LogP contribution in [0.2, 0.25) is 0 Å². The first kappa shape index (κ1) is 26.8. The molecule has 40 heavy (non-hydrogen) atoms. The van der Waals surface area contributed by atoms with Crippen molar-refractivity contribution >= 4 is 17.5 Å². The number of carbonyl (C=O) groups is 2. The van der Waals surface area contributed by atoms with Crippen molar-refractivity contribution in [2.75, 3.05) is 20.0 Å². The van der Waals surface area contributed by atoms with Gasteiger partial charge in [-0.2, -0.15) is 0 Å². The molecule has 12 heteroatoms. The molecule has 4 aliphatic rings. The largest absolute Gasteiger partial charge is 0.467 e. The monoisotopic (exact) mass is 556 g/mol. The van der Waals surface area contributed by atoms with E-state index in [1.807, 2.05) is 0 Å². The van der Waals surface area contributed by atoms with Crippen molar-refractivity contribution in [2.45, 2.75) is 50.7 Å². The van der Waals surface area contributed by atoms with E-state index < -0.39 is 36.1 Å². The van der Waals surface area contributed by atoms with Crippen molar-refractivity contribution in [3.8, 4) is 11.5 Å². The number of aliphatic hydroxyl groups is 3. The molecule has 3 heterocycles. The van der Waals surface area contributed by atoms with Gasteiger partial charge in [-0.25, -0.2) is 0 Å². The van der Waals surface area contributed by atoms with Gasteiger partial charge < -0.3 is 38.8 Å². The summed E-state index contributed by atoms with van der Waals surface area (Å²) in [7, 11) is 0. The first-order valence-electron chi connectivity index (χ1n) is 13.5. The van der Waals surface area contributed by atoms with E-state index in [-0.39, 0.29) is 57.3 Å². The van der Waals surface area contributed by atoms with Crippen LogP contribution in [0.15, 0.2) is 46.2 Å². The molecule has 2 aliphatic heterocycles. The standard InChI is InChI=1S/C28H32N2O10/c31-16(11-36-13-17-2-1-7-37-17)12-40-29-20-9-21(32)26(33)24-18(20)4-5-19-25(24)28(35)30(27(19)34)10-15-3-6-22-23(8-15)39-14-38-22/h1-3,6-8,16,18-19,21,24-26,31-33H,4-5,9-14H2/b29-20+/t16-,18-,19+,21+,24-,25+,26+/m0/s1. The maximum atomic E-state index is 13.6. The number of nitrogens with zero attached hydrogens (tertiary/aromatic N) is 2. The van der Waals surface area contributed by atoms with Crippen molar-refractivity contribution in [3.05, 3.63) is 47.9 Å². The Balaban J connectivity index is 1.11. The van der Waals surface area contributed by atoms with Crippen LogP contribution in [-0.4, -0.2) is 76.1 Å². The Morgan fingerprint density at radius 2 is 1.88 bits per heavy atom. The molecule has 3 fully saturated rings. The van der Waals surface area contributed by atoms with E-state index in [1.165, 1.54) is 11.2 Å². The van der Waals surface area contributed by atoms with Crippen molar-refractivity contribution < 1.29 is 48.4 Å². The lowest BCUT2D eigenvalue weighted by Crippen LogP contribution is -2.54. The lowest BCUT2D eigenvalue weighted by Gasteiger charge is -2.45. The predicted molar refractivity (Wildman–Crippen MR) is 136 cm³/mol. The van der Waals surface area contributed by atoms with Crippen LogP contribution in [0.25, 0.3) is 0 Å². The number of benzene rings is 1. The Hall–Kier alpha value is -3.45. The number of fused-ring (bicyclic) bond motifs is 4. The summed E-state index contributed by atoms with van der Waals surface area (Å²) in [4.78, 5) is 33.6. The van der Waals surface area contributed by atoms with Crippen LogP contribution in [0, 0.1) is 23.7 Å². The number of amides is 2. The zero-order valence-electron chi connectivity index (χ0n) is 21.8. The maximum absolute atomic E-state index is 13.6. The first-order valence-corrected chi connectivity index (χ1v) is 13.5. The molecule has 1 aromatic heterocycles. The molecule has 0 radical (unpaired) electrons. The molecule has 2 aliphatic carbocycles. The fraction of sp³-hybridized carbons (Fsp3) is 0.536. The zero-order chi connectivity index (χ0) is 27.8. The van der Waals surface area contributed by atoms with E-state index in [9.17, 15) is 24.9 Å². The number of furan rings is 1. The average Bonchev–Trinajstić information content (AvgIpc) is 3.69. The van der Waals surface area contributed by atoms with Gasteiger partial charge in [0.25, 0.3) is 0 Å². The molecule has 6 rings (SSSR count). The van der Waals surface area contributed by atoms with Gasteiger partial charge in [-0.3, -0.25) is 14.5 Å². The summed E-state index contributed by atoms with van der Waals surface area (Å²) in [5.74, 6) is -1.17. The summed E-state index contributed by atoms with van der Waals surface area (Å²) < 4.78 is 21.3. The third kappa shape index (κ3) is 5.07. The van der Waals surface area contributed by atoms with Crippen LogP contribution in [0.4, 0.5) is 0 Å². The van der Waals surface area contributed by atoms with E-state index in [2.05, 4.69) is 5.16 Å². The van der Waals surface area contributed by atoms with E-state index in [1.54, 1.807) is 30.3 Å². The Morgan fingerprint density at radius 1 is 1.05 bits per heavy atom. The minimum absolute atomic E-state index is 0.0124. The molecule has 1 saturated heterocycles. The van der Waals surface area contributed by atoms with Crippen molar-refractivity contribution in [1.82, 2.24) is 4.90 Å². The topological polar surface area (TPSA) is 160 Å². The second-order valence-electron chi connectivity index (χ2n) is 10.7. The zero-order valence-corrected chi connectivity index (χ0v) is 21.8. The third-order valence-electron chi connectivity index (χ3n) is 8.23. The highest BCUT2D eigenvalue weighted by Gasteiger charge is 2.59. The Kier molecular flexibility index (Phi) is 7.49. The highest BCUT2D eigenvalue weighted by molar-refractivity contribution is 6.06. The molecule has 3 N–H and O–H groups in total. The molecule has 214 valence electrons. The molecule has 0 spiro atoms. The van der Waals surface area contributed by atoms with Crippen LogP contribution in [0.5, 0.6) is 11.5 Å². The summed E-state index contributed by atoms with van der Waals surface area (Å²) in [6.07, 6.45) is -0.689. The molecule has 0 unspecified atom stereocenters. The first-order chi connectivity index (χ1) is 19.4. The van der Waals surface area contributed by atoms with Gasteiger partial charge in [-0.1, -0.05) is 11.2 Å². The Bertz CT molecular complexity index is 1260. The molecule has 2 saturated carbocycles. The molecule has 0 bridgehead atoms. The maximum Gasteiger partial charge on any atom is 0.233 e. The SMILES string of the molecule is O=C1[C@H]2[C@H]3[C@H](O)[C@H](O)C/C(=N\OC[C@@H](O)COCc4ccco4)[C@@H]3CC[C@H]2C(=O)N1Cc1ccc2c(c1)OCO2. The van der Waals surface area contributed by atoms with E-state index in [4.69, 9.17) is 23.5 Å². The van der Waals surface area contributed by atoms with Gasteiger partial charge in [0.15, 0.2) is 11.5 Å². The molecule has 1 aromatic carbocycles. The summed E-state index contributed by atoms with van der Waals surface area (Å²) in [5, 5.41) is 36.0. The number of ether oxygens (including phenoxy) is 3. The number of hydrogen-bond donors (Lipinski definition) is 3. The van der Waals surface area contributed by atoms with E-state index in [0.29, 0.717) is 35.8 Å². The highest BCUT2D eigenvalue weighted by Crippen LogP contribution is 2.50. The molecule has 7 atom stereocenters. The fourth-order valence-corrected chi connectivity index (χ4v) is 6.36. The summed E-state index contributed by atoms with van der Waals surface area (Å²) in [5.41, 5.74) is 1.24. The van der Waals surface area contributed by atoms with Crippen LogP contribution >= 0.6 is 0 Å². The van der Waals surface area contributed by atoms with E-state index in [0.717, 1.165) is 5.56 Å². The Labute approximate surface area is 230 Å². The quantitative estimate of drug-likeness (QED) is 0.303. The van der Waals surface area contributed by atoms with Gasteiger partial charge in [0, 0.05) is 18.3 Å². The van der Waals surface area contributed by atoms with Crippen LogP contribution in [0.1, 0.15) is 30.6 Å². The summed E-state index contributed by atoms with van der Waals surface area (Å²) >= 11 is 0. The molecule has 2 amide bonds. The second kappa shape index (κ2) is 11.2.